The average molecular weight is 322 g/mol. The van der Waals surface area contributed by atoms with Gasteiger partial charge in [-0.25, -0.2) is 0 Å². The molecule has 22 heavy (non-hydrogen) atoms. The molecule has 1 aliphatic heterocycles. The number of allylic oxidation sites excluding steroid dienone is 1. The number of nitrogens with zero attached hydrogens (tertiary/aromatic N) is 1. The smallest absolute Gasteiger partial charge is 0.222 e. The van der Waals surface area contributed by atoms with Crippen molar-refractivity contribution < 1.29 is 4.79 Å². The lowest BCUT2D eigenvalue weighted by Gasteiger charge is -2.56. The Morgan fingerprint density at radius 1 is 1.09 bits per heavy atom. The molecule has 3 unspecified atom stereocenters. The second kappa shape index (κ2) is 5.26. The van der Waals surface area contributed by atoms with E-state index >= 15 is 0 Å². The average Bonchev–Trinajstić information content (AvgIpc) is 2.87. The van der Waals surface area contributed by atoms with Gasteiger partial charge in [-0.05, 0) is 74.0 Å². The minimum Gasteiger partial charge on any atom is -0.342 e. The molecule has 1 saturated heterocycles. The maximum absolute atomic E-state index is 12.0. The molecule has 1 heterocycles. The van der Waals surface area contributed by atoms with Gasteiger partial charge in [-0.2, -0.15) is 0 Å². The fraction of sp³-hybridized carbons (Fsp3) is 0.842. The Morgan fingerprint density at radius 2 is 1.91 bits per heavy atom. The third kappa shape index (κ3) is 1.95. The summed E-state index contributed by atoms with van der Waals surface area (Å²) in [6, 6.07) is 0.524. The van der Waals surface area contributed by atoms with Gasteiger partial charge in [0.1, 0.15) is 0 Å². The summed E-state index contributed by atoms with van der Waals surface area (Å²) >= 11 is 6.13. The van der Waals surface area contributed by atoms with Crippen LogP contribution < -0.4 is 0 Å². The first-order chi connectivity index (χ1) is 10.6. The molecule has 0 bridgehead atoms. The molecule has 122 valence electrons. The first kappa shape index (κ1) is 15.1. The first-order valence-corrected chi connectivity index (χ1v) is 9.55. The van der Waals surface area contributed by atoms with E-state index in [-0.39, 0.29) is 0 Å². The van der Waals surface area contributed by atoms with E-state index < -0.39 is 0 Å². The maximum atomic E-state index is 12.0. The standard InChI is InChI=1S/C19H28ClNO/c1-19-10-9-13-14(16(19)6-3-12(19)11-20)4-7-17-15(13)5-8-18(22)21(17)2/h11,13-17H,3-10H2,1-2H3/b12-11+/t13?,14?,15-,16?,17-,19-/m1/s1. The van der Waals surface area contributed by atoms with Gasteiger partial charge in [0.05, 0.1) is 0 Å². The van der Waals surface area contributed by atoms with Gasteiger partial charge in [0.25, 0.3) is 0 Å². The van der Waals surface area contributed by atoms with Crippen LogP contribution in [0.25, 0.3) is 0 Å². The minimum atomic E-state index is 0.367. The Kier molecular flexibility index (Phi) is 3.60. The first-order valence-electron chi connectivity index (χ1n) is 9.11. The Bertz CT molecular complexity index is 516. The van der Waals surface area contributed by atoms with Gasteiger partial charge in [0.2, 0.25) is 5.91 Å². The van der Waals surface area contributed by atoms with Gasteiger partial charge in [-0.1, -0.05) is 24.1 Å². The number of hydrogen-bond donors (Lipinski definition) is 0. The normalized spacial score (nSPS) is 49.8. The Labute approximate surface area is 139 Å². The SMILES string of the molecule is CN1C(=O)CC[C@@H]2C3CC[C@]4(C)/C(=C/Cl)CCC4C3CC[C@H]21. The second-order valence-corrected chi connectivity index (χ2v) is 8.63. The predicted molar refractivity (Wildman–Crippen MR) is 89.5 cm³/mol. The number of likely N-dealkylation sites (tertiary alicyclic amines) is 1. The highest BCUT2D eigenvalue weighted by atomic mass is 35.5. The van der Waals surface area contributed by atoms with Crippen LogP contribution in [-0.4, -0.2) is 23.9 Å². The monoisotopic (exact) mass is 321 g/mol. The van der Waals surface area contributed by atoms with E-state index in [0.29, 0.717) is 17.4 Å². The van der Waals surface area contributed by atoms with Crippen LogP contribution in [-0.2, 0) is 4.79 Å². The van der Waals surface area contributed by atoms with Crippen molar-refractivity contribution in [1.82, 2.24) is 4.90 Å². The van der Waals surface area contributed by atoms with Gasteiger partial charge in [0.15, 0.2) is 0 Å². The molecule has 2 nitrogen and oxygen atoms in total. The van der Waals surface area contributed by atoms with Crippen LogP contribution in [0.1, 0.15) is 58.3 Å². The maximum Gasteiger partial charge on any atom is 0.222 e. The van der Waals surface area contributed by atoms with Gasteiger partial charge in [0, 0.05) is 25.0 Å². The summed E-state index contributed by atoms with van der Waals surface area (Å²) in [5.41, 5.74) is 3.77. The van der Waals surface area contributed by atoms with E-state index in [1.165, 1.54) is 44.1 Å². The predicted octanol–water partition coefficient (Wildman–Crippen LogP) is 4.58. The zero-order valence-corrected chi connectivity index (χ0v) is 14.6. The third-order valence-corrected chi connectivity index (χ3v) is 8.16. The molecule has 4 fully saturated rings. The van der Waals surface area contributed by atoms with Crippen LogP contribution in [0.2, 0.25) is 0 Å². The molecule has 0 radical (unpaired) electrons. The lowest BCUT2D eigenvalue weighted by Crippen LogP contribution is -2.55. The molecule has 0 aromatic carbocycles. The quantitative estimate of drug-likeness (QED) is 0.639. The molecule has 3 aliphatic carbocycles. The highest BCUT2D eigenvalue weighted by Crippen LogP contribution is 2.63. The molecule has 1 amide bonds. The van der Waals surface area contributed by atoms with Gasteiger partial charge in [-0.3, -0.25) is 4.79 Å². The molecule has 0 N–H and O–H groups in total. The van der Waals surface area contributed by atoms with Crippen molar-refractivity contribution in [3.8, 4) is 0 Å². The molecule has 4 rings (SSSR count). The largest absolute Gasteiger partial charge is 0.342 e. The Hall–Kier alpha value is -0.500. The van der Waals surface area contributed by atoms with Crippen LogP contribution in [0.15, 0.2) is 11.1 Å². The van der Waals surface area contributed by atoms with Crippen LogP contribution in [0, 0.1) is 29.1 Å². The van der Waals surface area contributed by atoms with Crippen molar-refractivity contribution in [2.45, 2.75) is 64.3 Å². The topological polar surface area (TPSA) is 20.3 Å². The molecule has 3 heteroatoms. The number of piperidine rings is 1. The van der Waals surface area contributed by atoms with Gasteiger partial charge >= 0.3 is 0 Å². The summed E-state index contributed by atoms with van der Waals surface area (Å²) in [4.78, 5) is 14.1. The molecular formula is C19H28ClNO. The molecular weight excluding hydrogens is 294 g/mol. The number of rotatable bonds is 0. The molecule has 3 saturated carbocycles. The van der Waals surface area contributed by atoms with Crippen molar-refractivity contribution in [3.05, 3.63) is 11.1 Å². The lowest BCUT2D eigenvalue weighted by molar-refractivity contribution is -0.143. The molecule has 0 aromatic heterocycles. The van der Waals surface area contributed by atoms with Crippen molar-refractivity contribution in [3.63, 3.8) is 0 Å². The number of hydrogen-bond acceptors (Lipinski definition) is 1. The third-order valence-electron chi connectivity index (χ3n) is 7.89. The van der Waals surface area contributed by atoms with Gasteiger partial charge in [-0.15, -0.1) is 0 Å². The fourth-order valence-corrected chi connectivity index (χ4v) is 7.05. The van der Waals surface area contributed by atoms with Crippen molar-refractivity contribution >= 4 is 17.5 Å². The summed E-state index contributed by atoms with van der Waals surface area (Å²) < 4.78 is 0. The number of carbonyl (C=O) groups is 1. The second-order valence-electron chi connectivity index (χ2n) is 8.42. The minimum absolute atomic E-state index is 0.367. The summed E-state index contributed by atoms with van der Waals surface area (Å²) in [6.07, 6.45) is 9.64. The highest BCUT2D eigenvalue weighted by Gasteiger charge is 2.55. The van der Waals surface area contributed by atoms with E-state index in [9.17, 15) is 4.79 Å². The summed E-state index contributed by atoms with van der Waals surface area (Å²) in [7, 11) is 2.04. The van der Waals surface area contributed by atoms with Crippen LogP contribution >= 0.6 is 11.6 Å². The number of fused-ring (bicyclic) bond motifs is 5. The van der Waals surface area contributed by atoms with Crippen LogP contribution in [0.3, 0.4) is 0 Å². The summed E-state index contributed by atoms with van der Waals surface area (Å²) in [6.45, 7) is 2.47. The zero-order chi connectivity index (χ0) is 15.5. The zero-order valence-electron chi connectivity index (χ0n) is 13.9. The number of halogens is 1. The summed E-state index contributed by atoms with van der Waals surface area (Å²) in [5, 5.41) is 0. The van der Waals surface area contributed by atoms with Crippen LogP contribution in [0.4, 0.5) is 0 Å². The highest BCUT2D eigenvalue weighted by molar-refractivity contribution is 6.25. The Balaban J connectivity index is 1.60. The van der Waals surface area contributed by atoms with Crippen molar-refractivity contribution in [1.29, 1.82) is 0 Å². The molecule has 4 aliphatic rings. The van der Waals surface area contributed by atoms with Crippen LogP contribution in [0.5, 0.6) is 0 Å². The van der Waals surface area contributed by atoms with E-state index in [1.807, 2.05) is 12.6 Å². The molecule has 0 aromatic rings. The van der Waals surface area contributed by atoms with E-state index in [4.69, 9.17) is 11.6 Å². The van der Waals surface area contributed by atoms with Crippen molar-refractivity contribution in [2.75, 3.05) is 7.05 Å². The summed E-state index contributed by atoms with van der Waals surface area (Å²) in [5.74, 6) is 3.68. The fourth-order valence-electron chi connectivity index (χ4n) is 6.69. The van der Waals surface area contributed by atoms with Crippen molar-refractivity contribution in [2.24, 2.45) is 29.1 Å². The number of amides is 1. The van der Waals surface area contributed by atoms with Gasteiger partial charge < -0.3 is 4.90 Å². The molecule has 0 spiro atoms. The lowest BCUT2D eigenvalue weighted by atomic mass is 9.52. The molecule has 6 atom stereocenters. The number of carbonyl (C=O) groups excluding carboxylic acids is 1. The van der Waals surface area contributed by atoms with E-state index in [0.717, 1.165) is 36.5 Å². The van der Waals surface area contributed by atoms with E-state index in [1.54, 1.807) is 0 Å². The van der Waals surface area contributed by atoms with E-state index in [2.05, 4.69) is 11.8 Å². The Morgan fingerprint density at radius 3 is 2.68 bits per heavy atom.